The van der Waals surface area contributed by atoms with Gasteiger partial charge in [0.1, 0.15) is 0 Å². The summed E-state index contributed by atoms with van der Waals surface area (Å²) in [4.78, 5) is 0. The average Bonchev–Trinajstić information content (AvgIpc) is 2.66. The van der Waals surface area contributed by atoms with Crippen LogP contribution in [0.2, 0.25) is 5.16 Å². The average molecular weight is 405 g/mol. The van der Waals surface area contributed by atoms with Gasteiger partial charge in [0.25, 0.3) is 0 Å². The highest BCUT2D eigenvalue weighted by Gasteiger charge is 2.56. The lowest BCUT2D eigenvalue weighted by atomic mass is 10.5. The summed E-state index contributed by atoms with van der Waals surface area (Å²) in [5.74, 6) is 0. The van der Waals surface area contributed by atoms with Crippen molar-refractivity contribution < 1.29 is 17.7 Å². The van der Waals surface area contributed by atoms with Crippen LogP contribution < -0.4 is 0 Å². The van der Waals surface area contributed by atoms with Gasteiger partial charge in [-0.25, -0.2) is 0 Å². The molecule has 0 saturated heterocycles. The highest BCUT2D eigenvalue weighted by atomic mass is 28.4. The molecule has 0 unspecified atom stereocenters. The second-order valence-electron chi connectivity index (χ2n) is 5.52. The van der Waals surface area contributed by atoms with Crippen LogP contribution in [0, 0.1) is 0 Å². The van der Waals surface area contributed by atoms with E-state index in [2.05, 4.69) is 44.3 Å². The van der Waals surface area contributed by atoms with Gasteiger partial charge in [-0.1, -0.05) is 46.8 Å². The summed E-state index contributed by atoms with van der Waals surface area (Å²) in [5, 5.41) is 0.0930. The summed E-state index contributed by atoms with van der Waals surface area (Å²) in [6, 6.07) is 0. The molecule has 0 saturated carbocycles. The molecule has 0 atom stereocenters. The normalized spacial score (nSPS) is 13.9. The third-order valence-electron chi connectivity index (χ3n) is 3.86. The Hall–Kier alpha value is -0.246. The predicted molar refractivity (Wildman–Crippen MR) is 118 cm³/mol. The van der Waals surface area contributed by atoms with Crippen molar-refractivity contribution in [3.63, 3.8) is 0 Å². The summed E-state index contributed by atoms with van der Waals surface area (Å²) in [7, 11) is -5.20. The molecule has 0 rings (SSSR count). The molecule has 0 aromatic heterocycles. The molecule has 0 N–H and O–H groups in total. The van der Waals surface area contributed by atoms with Crippen molar-refractivity contribution in [3.8, 4) is 0 Å². The summed E-state index contributed by atoms with van der Waals surface area (Å²) in [5.41, 5.74) is 4.37. The zero-order valence-corrected chi connectivity index (χ0v) is 20.8. The molecule has 0 bridgehead atoms. The van der Waals surface area contributed by atoms with Crippen LogP contribution in [-0.4, -0.2) is 43.5 Å². The quantitative estimate of drug-likeness (QED) is 0.334. The lowest BCUT2D eigenvalue weighted by Gasteiger charge is -2.41. The summed E-state index contributed by atoms with van der Waals surface area (Å²) in [6.07, 6.45) is 6.25. The fourth-order valence-corrected chi connectivity index (χ4v) is 11.7. The van der Waals surface area contributed by atoms with Crippen molar-refractivity contribution >= 4 is 17.1 Å². The molecule has 0 aliphatic heterocycles. The number of hydrogen-bond acceptors (Lipinski definition) is 4. The van der Waals surface area contributed by atoms with Gasteiger partial charge in [0.2, 0.25) is 0 Å². The van der Waals surface area contributed by atoms with Crippen molar-refractivity contribution in [1.29, 1.82) is 0 Å². The van der Waals surface area contributed by atoms with Gasteiger partial charge in [0.15, 0.2) is 0 Å². The summed E-state index contributed by atoms with van der Waals surface area (Å²) in [6.45, 7) is 21.1. The smallest absolute Gasteiger partial charge is 0.369 e. The van der Waals surface area contributed by atoms with Gasteiger partial charge in [-0.15, -0.1) is 0 Å². The van der Waals surface area contributed by atoms with Crippen LogP contribution in [0.3, 0.4) is 0 Å². The molecule has 0 aromatic carbocycles. The standard InChI is InChI=1S/C18H38O4Si2.C2H6/c1-8-14-16-23(19-10-3,20-11-4)18(7)24(21-12-5,22-13-6)17-15-9-2;1-2/h14-18H,8-13H2,1-7H3;1-2H3. The maximum Gasteiger partial charge on any atom is 0.369 e. The maximum absolute atomic E-state index is 6.28. The predicted octanol–water partition coefficient (Wildman–Crippen LogP) is 5.98. The molecular weight excluding hydrogens is 360 g/mol. The molecule has 0 spiro atoms. The van der Waals surface area contributed by atoms with Crippen molar-refractivity contribution in [2.45, 2.75) is 80.3 Å². The van der Waals surface area contributed by atoms with Gasteiger partial charge < -0.3 is 17.7 Å². The minimum atomic E-state index is -2.60. The second kappa shape index (κ2) is 16.9. The first-order valence-electron chi connectivity index (χ1n) is 10.4. The Labute approximate surface area is 165 Å². The summed E-state index contributed by atoms with van der Waals surface area (Å²) >= 11 is 0. The first-order chi connectivity index (χ1) is 12.5. The van der Waals surface area contributed by atoms with Gasteiger partial charge in [0.05, 0.1) is 5.16 Å². The first-order valence-corrected chi connectivity index (χ1v) is 14.4. The van der Waals surface area contributed by atoms with E-state index in [4.69, 9.17) is 17.7 Å². The molecule has 6 heteroatoms. The van der Waals surface area contributed by atoms with Gasteiger partial charge in [-0.3, -0.25) is 0 Å². The second-order valence-corrected chi connectivity index (χ2v) is 12.5. The molecule has 4 nitrogen and oxygen atoms in total. The molecule has 0 fully saturated rings. The zero-order chi connectivity index (χ0) is 20.5. The van der Waals surface area contributed by atoms with E-state index in [1.165, 1.54) is 0 Å². The highest BCUT2D eigenvalue weighted by molar-refractivity contribution is 6.92. The summed E-state index contributed by atoms with van der Waals surface area (Å²) < 4.78 is 25.1. The Balaban J connectivity index is 0. The van der Waals surface area contributed by atoms with E-state index in [0.29, 0.717) is 26.4 Å². The Morgan fingerprint density at radius 2 is 0.885 bits per heavy atom. The lowest BCUT2D eigenvalue weighted by Crippen LogP contribution is -2.59. The molecular formula is C20H44O4Si2. The monoisotopic (exact) mass is 404 g/mol. The largest absolute Gasteiger partial charge is 0.391 e. The Morgan fingerprint density at radius 3 is 1.08 bits per heavy atom. The van der Waals surface area contributed by atoms with E-state index in [-0.39, 0.29) is 5.16 Å². The fourth-order valence-electron chi connectivity index (χ4n) is 2.81. The van der Waals surface area contributed by atoms with Gasteiger partial charge in [0, 0.05) is 26.4 Å². The Bertz CT molecular complexity index is 327. The van der Waals surface area contributed by atoms with Crippen LogP contribution in [0.5, 0.6) is 0 Å². The van der Waals surface area contributed by atoms with E-state index in [1.807, 2.05) is 41.5 Å². The third kappa shape index (κ3) is 8.63. The molecule has 0 aliphatic carbocycles. The topological polar surface area (TPSA) is 36.9 Å². The van der Waals surface area contributed by atoms with Gasteiger partial charge in [-0.05, 0) is 51.9 Å². The van der Waals surface area contributed by atoms with Crippen molar-refractivity contribution in [1.82, 2.24) is 0 Å². The van der Waals surface area contributed by atoms with E-state index in [1.54, 1.807) is 0 Å². The van der Waals surface area contributed by atoms with Crippen LogP contribution in [0.1, 0.15) is 75.2 Å². The van der Waals surface area contributed by atoms with E-state index in [0.717, 1.165) is 12.8 Å². The lowest BCUT2D eigenvalue weighted by molar-refractivity contribution is 0.163. The molecule has 0 aromatic rings. The molecule has 0 amide bonds. The first kappa shape index (κ1) is 28.0. The third-order valence-corrected chi connectivity index (χ3v) is 13.0. The Morgan fingerprint density at radius 1 is 0.615 bits per heavy atom. The Kier molecular flexibility index (Phi) is 18.2. The zero-order valence-electron chi connectivity index (χ0n) is 18.8. The minimum Gasteiger partial charge on any atom is -0.391 e. The van der Waals surface area contributed by atoms with Crippen molar-refractivity contribution in [2.24, 2.45) is 0 Å². The fraction of sp³-hybridized carbons (Fsp3) is 0.800. The molecule has 156 valence electrons. The number of rotatable bonds is 14. The molecule has 26 heavy (non-hydrogen) atoms. The van der Waals surface area contributed by atoms with Crippen LogP contribution in [0.25, 0.3) is 0 Å². The van der Waals surface area contributed by atoms with E-state index in [9.17, 15) is 0 Å². The number of hydrogen-bond donors (Lipinski definition) is 0. The van der Waals surface area contributed by atoms with Crippen LogP contribution >= 0.6 is 0 Å². The van der Waals surface area contributed by atoms with E-state index < -0.39 is 17.1 Å². The SMILES string of the molecule is CC.CCC=C[Si](OCC)(OCC)C(C)[Si](C=CCC)(OCC)OCC. The van der Waals surface area contributed by atoms with E-state index >= 15 is 0 Å². The van der Waals surface area contributed by atoms with Crippen LogP contribution in [-0.2, 0) is 17.7 Å². The van der Waals surface area contributed by atoms with Crippen LogP contribution in [0.15, 0.2) is 23.6 Å². The molecule has 0 radical (unpaired) electrons. The number of allylic oxidation sites excluding steroid dienone is 2. The minimum absolute atomic E-state index is 0.0930. The van der Waals surface area contributed by atoms with Crippen molar-refractivity contribution in [3.05, 3.63) is 23.6 Å². The molecule has 0 aliphatic rings. The van der Waals surface area contributed by atoms with Gasteiger partial charge in [-0.2, -0.15) is 0 Å². The van der Waals surface area contributed by atoms with Crippen LogP contribution in [0.4, 0.5) is 0 Å². The molecule has 0 heterocycles. The maximum atomic E-state index is 6.28. The van der Waals surface area contributed by atoms with Crippen molar-refractivity contribution in [2.75, 3.05) is 26.4 Å². The van der Waals surface area contributed by atoms with Gasteiger partial charge >= 0.3 is 17.1 Å². The highest BCUT2D eigenvalue weighted by Crippen LogP contribution is 2.37.